The van der Waals surface area contributed by atoms with E-state index in [-0.39, 0.29) is 17.6 Å². The third-order valence-electron chi connectivity index (χ3n) is 6.24. The number of piperidine rings is 1. The molecule has 1 N–H and O–H groups in total. The molecule has 0 radical (unpaired) electrons. The fourth-order valence-electron chi connectivity index (χ4n) is 4.50. The minimum Gasteiger partial charge on any atom is -0.497 e. The molecule has 3 heterocycles. The summed E-state index contributed by atoms with van der Waals surface area (Å²) in [7, 11) is 1.63. The topological polar surface area (TPSA) is 63.7 Å². The van der Waals surface area contributed by atoms with Gasteiger partial charge in [0.15, 0.2) is 0 Å². The lowest BCUT2D eigenvalue weighted by atomic mass is 9.88. The molecule has 1 aromatic carbocycles. The van der Waals surface area contributed by atoms with E-state index in [1.165, 1.54) is 0 Å². The van der Waals surface area contributed by atoms with Crippen molar-refractivity contribution in [3.05, 3.63) is 59.9 Å². The van der Waals surface area contributed by atoms with Crippen LogP contribution in [0, 0.1) is 0 Å². The lowest BCUT2D eigenvalue weighted by molar-refractivity contribution is -0.122. The number of hydrogen-bond acceptors (Lipinski definition) is 5. The van der Waals surface area contributed by atoms with E-state index in [1.54, 1.807) is 7.11 Å². The second-order valence-electron chi connectivity index (χ2n) is 8.39. The quantitative estimate of drug-likeness (QED) is 0.762. The Hall–Kier alpha value is -2.44. The minimum absolute atomic E-state index is 0.0111. The molecule has 2 aliphatic rings. The lowest BCUT2D eigenvalue weighted by Crippen LogP contribution is -2.45. The molecule has 1 amide bonds. The number of hydrogen-bond donors (Lipinski definition) is 1. The van der Waals surface area contributed by atoms with Gasteiger partial charge in [0.25, 0.3) is 0 Å². The van der Waals surface area contributed by atoms with Gasteiger partial charge in [0.05, 0.1) is 30.9 Å². The minimum atomic E-state index is -0.0111. The van der Waals surface area contributed by atoms with Crippen LogP contribution in [0.25, 0.3) is 0 Å². The van der Waals surface area contributed by atoms with Crippen molar-refractivity contribution in [3.8, 4) is 5.75 Å². The fourth-order valence-corrected chi connectivity index (χ4v) is 4.50. The van der Waals surface area contributed by atoms with Crippen LogP contribution in [0.5, 0.6) is 5.75 Å². The van der Waals surface area contributed by atoms with E-state index < -0.39 is 0 Å². The predicted molar refractivity (Wildman–Crippen MR) is 115 cm³/mol. The molecule has 4 rings (SSSR count). The Bertz CT molecular complexity index is 835. The summed E-state index contributed by atoms with van der Waals surface area (Å²) in [5, 5.41) is 3.05. The maximum Gasteiger partial charge on any atom is 0.224 e. The van der Waals surface area contributed by atoms with E-state index in [0.717, 1.165) is 62.3 Å². The Balaban J connectivity index is 1.19. The smallest absolute Gasteiger partial charge is 0.224 e. The second kappa shape index (κ2) is 9.58. The summed E-state index contributed by atoms with van der Waals surface area (Å²) in [5.41, 5.74) is 2.07. The van der Waals surface area contributed by atoms with Crippen molar-refractivity contribution in [2.75, 3.05) is 26.7 Å². The van der Waals surface area contributed by atoms with Gasteiger partial charge >= 0.3 is 0 Å². The number of amides is 1. The number of ether oxygens (including phenoxy) is 2. The van der Waals surface area contributed by atoms with Gasteiger partial charge in [0, 0.05) is 32.4 Å². The molecule has 2 fully saturated rings. The number of aromatic nitrogens is 1. The number of benzene rings is 1. The summed E-state index contributed by atoms with van der Waals surface area (Å²) in [6.07, 6.45) is 6.52. The van der Waals surface area contributed by atoms with Crippen LogP contribution in [0.4, 0.5) is 0 Å². The van der Waals surface area contributed by atoms with E-state index in [9.17, 15) is 4.79 Å². The highest BCUT2D eigenvalue weighted by Crippen LogP contribution is 2.38. The molecule has 30 heavy (non-hydrogen) atoms. The van der Waals surface area contributed by atoms with Gasteiger partial charge in [-0.3, -0.25) is 14.7 Å². The zero-order valence-electron chi connectivity index (χ0n) is 17.7. The van der Waals surface area contributed by atoms with Gasteiger partial charge in [-0.25, -0.2) is 0 Å². The molecular weight excluding hydrogens is 378 g/mol. The van der Waals surface area contributed by atoms with Crippen LogP contribution < -0.4 is 10.1 Å². The summed E-state index contributed by atoms with van der Waals surface area (Å²) < 4.78 is 11.7. The Kier molecular flexibility index (Phi) is 6.65. The molecule has 0 bridgehead atoms. The fraction of sp³-hybridized carbons (Fsp3) is 0.500. The highest BCUT2D eigenvalue weighted by Gasteiger charge is 2.42. The molecule has 1 aromatic heterocycles. The molecule has 0 aliphatic carbocycles. The van der Waals surface area contributed by atoms with Crippen molar-refractivity contribution >= 4 is 5.91 Å². The molecule has 1 unspecified atom stereocenters. The Morgan fingerprint density at radius 2 is 2.10 bits per heavy atom. The zero-order valence-corrected chi connectivity index (χ0v) is 17.7. The molecule has 2 aromatic rings. The van der Waals surface area contributed by atoms with Crippen LogP contribution in [0.3, 0.4) is 0 Å². The lowest BCUT2D eigenvalue weighted by Gasteiger charge is -2.39. The highest BCUT2D eigenvalue weighted by molar-refractivity contribution is 5.78. The number of likely N-dealkylation sites (tertiary alicyclic amines) is 1. The summed E-state index contributed by atoms with van der Waals surface area (Å²) in [6.45, 7) is 3.56. The van der Waals surface area contributed by atoms with E-state index >= 15 is 0 Å². The van der Waals surface area contributed by atoms with E-state index in [0.29, 0.717) is 13.0 Å². The summed E-state index contributed by atoms with van der Waals surface area (Å²) in [4.78, 5) is 19.2. The average molecular weight is 410 g/mol. The predicted octanol–water partition coefficient (Wildman–Crippen LogP) is 2.96. The SMILES string of the molecule is COc1cccc(CC(=O)NCC2CCC3(CCN(Cc4ccccn4)CC3)O2)c1. The van der Waals surface area contributed by atoms with Gasteiger partial charge < -0.3 is 14.8 Å². The van der Waals surface area contributed by atoms with E-state index in [4.69, 9.17) is 9.47 Å². The maximum absolute atomic E-state index is 12.3. The van der Waals surface area contributed by atoms with Crippen molar-refractivity contribution in [2.24, 2.45) is 0 Å². The van der Waals surface area contributed by atoms with Gasteiger partial charge in [-0.15, -0.1) is 0 Å². The average Bonchev–Trinajstić information content (AvgIpc) is 3.17. The molecule has 2 aliphatic heterocycles. The molecule has 160 valence electrons. The first-order valence-electron chi connectivity index (χ1n) is 10.8. The van der Waals surface area contributed by atoms with Gasteiger partial charge in [-0.2, -0.15) is 0 Å². The summed E-state index contributed by atoms with van der Waals surface area (Å²) in [6, 6.07) is 13.7. The normalized spacial score (nSPS) is 20.9. The first-order chi connectivity index (χ1) is 14.6. The Labute approximate surface area is 178 Å². The largest absolute Gasteiger partial charge is 0.497 e. The number of rotatable bonds is 7. The van der Waals surface area contributed by atoms with Crippen molar-refractivity contribution in [2.45, 2.75) is 50.4 Å². The van der Waals surface area contributed by atoms with Crippen molar-refractivity contribution in [1.29, 1.82) is 0 Å². The molecule has 0 saturated carbocycles. The second-order valence-corrected chi connectivity index (χ2v) is 8.39. The molecule has 6 nitrogen and oxygen atoms in total. The van der Waals surface area contributed by atoms with Crippen molar-refractivity contribution in [3.63, 3.8) is 0 Å². The number of nitrogens with zero attached hydrogens (tertiary/aromatic N) is 2. The van der Waals surface area contributed by atoms with Crippen LogP contribution in [-0.2, 0) is 22.5 Å². The van der Waals surface area contributed by atoms with E-state index in [1.807, 2.05) is 42.6 Å². The number of carbonyl (C=O) groups excluding carboxylic acids is 1. The maximum atomic E-state index is 12.3. The van der Waals surface area contributed by atoms with Gasteiger partial charge in [-0.05, 0) is 55.5 Å². The molecule has 1 atom stereocenters. The molecular formula is C24H31N3O3. The Morgan fingerprint density at radius 3 is 2.87 bits per heavy atom. The highest BCUT2D eigenvalue weighted by atomic mass is 16.5. The first kappa shape index (κ1) is 20.8. The molecule has 6 heteroatoms. The van der Waals surface area contributed by atoms with Crippen LogP contribution in [-0.4, -0.2) is 54.2 Å². The van der Waals surface area contributed by atoms with Crippen LogP contribution in [0.2, 0.25) is 0 Å². The van der Waals surface area contributed by atoms with Gasteiger partial charge in [-0.1, -0.05) is 18.2 Å². The number of pyridine rings is 1. The van der Waals surface area contributed by atoms with Crippen molar-refractivity contribution < 1.29 is 14.3 Å². The van der Waals surface area contributed by atoms with Crippen LogP contribution >= 0.6 is 0 Å². The van der Waals surface area contributed by atoms with Crippen LogP contribution in [0.1, 0.15) is 36.9 Å². The molecule has 2 saturated heterocycles. The third kappa shape index (κ3) is 5.37. The van der Waals surface area contributed by atoms with Crippen LogP contribution in [0.15, 0.2) is 48.7 Å². The van der Waals surface area contributed by atoms with Gasteiger partial charge in [0.2, 0.25) is 5.91 Å². The first-order valence-corrected chi connectivity index (χ1v) is 10.8. The number of methoxy groups -OCH3 is 1. The van der Waals surface area contributed by atoms with E-state index in [2.05, 4.69) is 21.3 Å². The monoisotopic (exact) mass is 409 g/mol. The zero-order chi connectivity index (χ0) is 20.8. The summed E-state index contributed by atoms with van der Waals surface area (Å²) in [5.74, 6) is 0.800. The summed E-state index contributed by atoms with van der Waals surface area (Å²) >= 11 is 0. The molecule has 1 spiro atoms. The third-order valence-corrected chi connectivity index (χ3v) is 6.24. The Morgan fingerprint density at radius 1 is 1.23 bits per heavy atom. The van der Waals surface area contributed by atoms with Gasteiger partial charge in [0.1, 0.15) is 5.75 Å². The number of carbonyl (C=O) groups is 1. The number of nitrogens with one attached hydrogen (secondary N) is 1. The van der Waals surface area contributed by atoms with Crippen molar-refractivity contribution in [1.82, 2.24) is 15.2 Å². The standard InChI is InChI=1S/C24H31N3O3/c1-29-21-7-4-5-19(15-21)16-23(28)26-17-22-8-9-24(30-22)10-13-27(14-11-24)18-20-6-2-3-12-25-20/h2-7,12,15,22H,8-11,13-14,16-18H2,1H3,(H,26,28).